The molecule has 2 rings (SSSR count). The lowest BCUT2D eigenvalue weighted by molar-refractivity contribution is 0.621. The van der Waals surface area contributed by atoms with Crippen molar-refractivity contribution in [3.05, 3.63) is 62.8 Å². The van der Waals surface area contributed by atoms with Gasteiger partial charge in [0.1, 0.15) is 5.82 Å². The Morgan fingerprint density at radius 3 is 2.63 bits per heavy atom. The molecule has 0 aliphatic rings. The van der Waals surface area contributed by atoms with Crippen LogP contribution in [0.3, 0.4) is 0 Å². The average Bonchev–Trinajstić information content (AvgIpc) is 2.39. The molecule has 0 heterocycles. The van der Waals surface area contributed by atoms with Gasteiger partial charge in [0.25, 0.3) is 0 Å². The van der Waals surface area contributed by atoms with Crippen LogP contribution in [0.25, 0.3) is 0 Å². The van der Waals surface area contributed by atoms with E-state index in [0.29, 0.717) is 6.54 Å². The van der Waals surface area contributed by atoms with E-state index in [1.807, 2.05) is 24.3 Å². The summed E-state index contributed by atoms with van der Waals surface area (Å²) >= 11 is 6.84. The summed E-state index contributed by atoms with van der Waals surface area (Å²) in [5, 5.41) is 3.30. The standard InChI is InChI=1S/C14H13Br2FN2/c15-9-2-1-3-11(6-9)19-14(8-18)12-7-10(17)4-5-13(12)16/h1-7,14,19H,8,18H2. The molecule has 0 radical (unpaired) electrons. The highest BCUT2D eigenvalue weighted by atomic mass is 79.9. The molecule has 0 amide bonds. The number of nitrogens with two attached hydrogens (primary N) is 1. The van der Waals surface area contributed by atoms with E-state index in [2.05, 4.69) is 37.2 Å². The Balaban J connectivity index is 2.27. The summed E-state index contributed by atoms with van der Waals surface area (Å²) < 4.78 is 15.2. The van der Waals surface area contributed by atoms with Crippen LogP contribution < -0.4 is 11.1 Å². The molecular formula is C14H13Br2FN2. The van der Waals surface area contributed by atoms with Crippen LogP contribution in [-0.4, -0.2) is 6.54 Å². The third-order valence-corrected chi connectivity index (χ3v) is 3.95. The van der Waals surface area contributed by atoms with Crippen molar-refractivity contribution in [2.24, 2.45) is 5.73 Å². The number of hydrogen-bond donors (Lipinski definition) is 2. The predicted octanol–water partition coefficient (Wildman–Crippen LogP) is 4.46. The molecule has 0 aliphatic heterocycles. The van der Waals surface area contributed by atoms with Crippen LogP contribution in [0.5, 0.6) is 0 Å². The monoisotopic (exact) mass is 386 g/mol. The summed E-state index contributed by atoms with van der Waals surface area (Å²) in [6.07, 6.45) is 0. The molecule has 0 bridgehead atoms. The largest absolute Gasteiger partial charge is 0.377 e. The van der Waals surface area contributed by atoms with Gasteiger partial charge in [0.15, 0.2) is 0 Å². The van der Waals surface area contributed by atoms with Crippen molar-refractivity contribution in [2.45, 2.75) is 6.04 Å². The number of halogens is 3. The molecule has 1 atom stereocenters. The maximum absolute atomic E-state index is 13.3. The molecule has 0 saturated carbocycles. The highest BCUT2D eigenvalue weighted by Gasteiger charge is 2.14. The highest BCUT2D eigenvalue weighted by Crippen LogP contribution is 2.27. The van der Waals surface area contributed by atoms with Crippen molar-refractivity contribution in [1.82, 2.24) is 0 Å². The van der Waals surface area contributed by atoms with Crippen molar-refractivity contribution in [2.75, 3.05) is 11.9 Å². The van der Waals surface area contributed by atoms with Gasteiger partial charge in [0, 0.05) is 21.2 Å². The fourth-order valence-electron chi connectivity index (χ4n) is 1.82. The second-order valence-corrected chi connectivity index (χ2v) is 5.88. The van der Waals surface area contributed by atoms with Crippen molar-refractivity contribution in [3.8, 4) is 0 Å². The van der Waals surface area contributed by atoms with Crippen LogP contribution in [0.2, 0.25) is 0 Å². The van der Waals surface area contributed by atoms with Crippen LogP contribution in [-0.2, 0) is 0 Å². The van der Waals surface area contributed by atoms with Gasteiger partial charge in [-0.05, 0) is 42.0 Å². The number of anilines is 1. The minimum absolute atomic E-state index is 0.153. The third kappa shape index (κ3) is 3.78. The van der Waals surface area contributed by atoms with Crippen LogP contribution in [0.4, 0.5) is 10.1 Å². The van der Waals surface area contributed by atoms with Gasteiger partial charge in [-0.15, -0.1) is 0 Å². The minimum Gasteiger partial charge on any atom is -0.377 e. The van der Waals surface area contributed by atoms with E-state index in [4.69, 9.17) is 5.73 Å². The molecule has 100 valence electrons. The molecular weight excluding hydrogens is 375 g/mol. The lowest BCUT2D eigenvalue weighted by Gasteiger charge is -2.20. The van der Waals surface area contributed by atoms with Gasteiger partial charge in [0.05, 0.1) is 6.04 Å². The quantitative estimate of drug-likeness (QED) is 0.812. The van der Waals surface area contributed by atoms with Crippen molar-refractivity contribution in [1.29, 1.82) is 0 Å². The summed E-state index contributed by atoms with van der Waals surface area (Å²) in [4.78, 5) is 0. The molecule has 1 unspecified atom stereocenters. The van der Waals surface area contributed by atoms with E-state index >= 15 is 0 Å². The normalized spacial score (nSPS) is 12.2. The summed E-state index contributed by atoms with van der Waals surface area (Å²) in [7, 11) is 0. The van der Waals surface area contributed by atoms with Gasteiger partial charge in [-0.2, -0.15) is 0 Å². The number of rotatable bonds is 4. The van der Waals surface area contributed by atoms with E-state index in [1.165, 1.54) is 12.1 Å². The van der Waals surface area contributed by atoms with Crippen molar-refractivity contribution < 1.29 is 4.39 Å². The molecule has 2 aromatic rings. The van der Waals surface area contributed by atoms with Crippen molar-refractivity contribution >= 4 is 37.5 Å². The Kier molecular flexibility index (Phi) is 4.96. The lowest BCUT2D eigenvalue weighted by Crippen LogP contribution is -2.21. The third-order valence-electron chi connectivity index (χ3n) is 2.73. The smallest absolute Gasteiger partial charge is 0.123 e. The van der Waals surface area contributed by atoms with E-state index in [1.54, 1.807) is 6.07 Å². The minimum atomic E-state index is -0.271. The Bertz CT molecular complexity index is 575. The zero-order chi connectivity index (χ0) is 13.8. The Morgan fingerprint density at radius 2 is 1.95 bits per heavy atom. The van der Waals surface area contributed by atoms with Gasteiger partial charge >= 0.3 is 0 Å². The zero-order valence-electron chi connectivity index (χ0n) is 10.0. The molecule has 0 saturated heterocycles. The van der Waals surface area contributed by atoms with Gasteiger partial charge in [-0.3, -0.25) is 0 Å². The van der Waals surface area contributed by atoms with Crippen LogP contribution in [0, 0.1) is 5.82 Å². The molecule has 2 aromatic carbocycles. The summed E-state index contributed by atoms with van der Waals surface area (Å²) in [6.45, 7) is 0.370. The maximum atomic E-state index is 13.3. The number of benzene rings is 2. The summed E-state index contributed by atoms with van der Waals surface area (Å²) in [5.74, 6) is -0.271. The first-order chi connectivity index (χ1) is 9.10. The van der Waals surface area contributed by atoms with Crippen molar-refractivity contribution in [3.63, 3.8) is 0 Å². The molecule has 0 aliphatic carbocycles. The molecule has 0 spiro atoms. The van der Waals surface area contributed by atoms with Crippen LogP contribution >= 0.6 is 31.9 Å². The maximum Gasteiger partial charge on any atom is 0.123 e. The lowest BCUT2D eigenvalue weighted by atomic mass is 10.1. The molecule has 2 nitrogen and oxygen atoms in total. The molecule has 0 fully saturated rings. The van der Waals surface area contributed by atoms with Gasteiger partial charge in [-0.25, -0.2) is 4.39 Å². The Morgan fingerprint density at radius 1 is 1.16 bits per heavy atom. The second kappa shape index (κ2) is 6.50. The summed E-state index contributed by atoms with van der Waals surface area (Å²) in [6, 6.07) is 12.2. The SMILES string of the molecule is NCC(Nc1cccc(Br)c1)c1cc(F)ccc1Br. The summed E-state index contributed by atoms with van der Waals surface area (Å²) in [5.41, 5.74) is 7.53. The van der Waals surface area contributed by atoms with Crippen LogP contribution in [0.15, 0.2) is 51.4 Å². The fraction of sp³-hybridized carbons (Fsp3) is 0.143. The topological polar surface area (TPSA) is 38.0 Å². The number of nitrogens with one attached hydrogen (secondary N) is 1. The first kappa shape index (κ1) is 14.5. The molecule has 19 heavy (non-hydrogen) atoms. The average molecular weight is 388 g/mol. The van der Waals surface area contributed by atoms with Gasteiger partial charge < -0.3 is 11.1 Å². The van der Waals surface area contributed by atoms with E-state index < -0.39 is 0 Å². The Labute approximate surface area is 128 Å². The highest BCUT2D eigenvalue weighted by molar-refractivity contribution is 9.10. The van der Waals surface area contributed by atoms with Gasteiger partial charge in [0.2, 0.25) is 0 Å². The first-order valence-corrected chi connectivity index (χ1v) is 7.36. The van der Waals surface area contributed by atoms with Gasteiger partial charge in [-0.1, -0.05) is 37.9 Å². The molecule has 0 aromatic heterocycles. The zero-order valence-corrected chi connectivity index (χ0v) is 13.2. The van der Waals surface area contributed by atoms with E-state index in [-0.39, 0.29) is 11.9 Å². The van der Waals surface area contributed by atoms with E-state index in [0.717, 1.165) is 20.2 Å². The van der Waals surface area contributed by atoms with Crippen LogP contribution in [0.1, 0.15) is 11.6 Å². The fourth-order valence-corrected chi connectivity index (χ4v) is 2.75. The first-order valence-electron chi connectivity index (χ1n) is 5.77. The number of hydrogen-bond acceptors (Lipinski definition) is 2. The molecule has 3 N–H and O–H groups in total. The predicted molar refractivity (Wildman–Crippen MR) is 83.7 cm³/mol. The van der Waals surface area contributed by atoms with E-state index in [9.17, 15) is 4.39 Å². The Hall–Kier alpha value is -0.910. The molecule has 5 heteroatoms. The second-order valence-electron chi connectivity index (χ2n) is 4.11.